The molecular weight excluding hydrogens is 309 g/mol. The highest BCUT2D eigenvalue weighted by molar-refractivity contribution is 5.37. The lowest BCUT2D eigenvalue weighted by Gasteiger charge is -2.25. The van der Waals surface area contributed by atoms with Gasteiger partial charge in [0.2, 0.25) is 0 Å². The Labute approximate surface area is 144 Å². The van der Waals surface area contributed by atoms with Crippen LogP contribution in [0.1, 0.15) is 12.8 Å². The Bertz CT molecular complexity index is 510. The van der Waals surface area contributed by atoms with Crippen molar-refractivity contribution >= 4 is 5.82 Å². The van der Waals surface area contributed by atoms with Crippen molar-refractivity contribution in [2.75, 3.05) is 59.8 Å². The zero-order valence-corrected chi connectivity index (χ0v) is 15.5. The molecule has 0 saturated heterocycles. The van der Waals surface area contributed by atoms with Crippen molar-refractivity contribution in [1.29, 1.82) is 0 Å². The Morgan fingerprint density at radius 2 is 1.96 bits per heavy atom. The molecule has 7 heteroatoms. The highest BCUT2D eigenvalue weighted by Gasteiger charge is 2.17. The molecule has 0 aliphatic carbocycles. The van der Waals surface area contributed by atoms with Crippen LogP contribution in [-0.4, -0.2) is 80.7 Å². The molecular formula is C17H30FN5O. The van der Waals surface area contributed by atoms with E-state index in [1.165, 1.54) is 0 Å². The van der Waals surface area contributed by atoms with Crippen molar-refractivity contribution in [2.45, 2.75) is 18.9 Å². The van der Waals surface area contributed by atoms with Crippen molar-refractivity contribution in [2.24, 2.45) is 0 Å². The molecule has 0 bridgehead atoms. The summed E-state index contributed by atoms with van der Waals surface area (Å²) in [7, 11) is 9.63. The Kier molecular flexibility index (Phi) is 8.63. The van der Waals surface area contributed by atoms with Crippen molar-refractivity contribution in [3.05, 3.63) is 24.7 Å². The maximum Gasteiger partial charge on any atom is 0.318 e. The third-order valence-corrected chi connectivity index (χ3v) is 3.54. The van der Waals surface area contributed by atoms with Gasteiger partial charge in [-0.2, -0.15) is 4.98 Å². The average Bonchev–Trinajstić information content (AvgIpc) is 2.52. The third kappa shape index (κ3) is 7.23. The lowest BCUT2D eigenvalue weighted by molar-refractivity contribution is 0.125. The molecule has 1 aromatic heterocycles. The molecule has 136 valence electrons. The zero-order chi connectivity index (χ0) is 18.1. The fourth-order valence-corrected chi connectivity index (χ4v) is 2.16. The van der Waals surface area contributed by atoms with E-state index < -0.39 is 5.82 Å². The van der Waals surface area contributed by atoms with Gasteiger partial charge in [0.15, 0.2) is 11.6 Å². The first-order valence-electron chi connectivity index (χ1n) is 8.14. The first kappa shape index (κ1) is 20.3. The van der Waals surface area contributed by atoms with Gasteiger partial charge in [0, 0.05) is 33.7 Å². The fraction of sp³-hybridized carbons (Fsp3) is 0.647. The number of rotatable bonds is 11. The van der Waals surface area contributed by atoms with E-state index >= 15 is 0 Å². The fourth-order valence-electron chi connectivity index (χ4n) is 2.16. The smallest absolute Gasteiger partial charge is 0.318 e. The molecule has 1 heterocycles. The number of allylic oxidation sites excluding steroid dienone is 1. The zero-order valence-electron chi connectivity index (χ0n) is 15.5. The molecule has 0 aliphatic rings. The number of likely N-dealkylation sites (N-methyl/N-ethyl adjacent to an activating group) is 2. The van der Waals surface area contributed by atoms with Gasteiger partial charge in [-0.1, -0.05) is 6.08 Å². The van der Waals surface area contributed by atoms with Crippen LogP contribution >= 0.6 is 0 Å². The summed E-state index contributed by atoms with van der Waals surface area (Å²) in [5.41, 5.74) is 0. The van der Waals surface area contributed by atoms with Gasteiger partial charge < -0.3 is 19.4 Å². The SMILES string of the molecule is C=CCC[C@@H](CN(C)CCN(C)C)Oc1ncc(F)c(N(C)C)n1. The second-order valence-corrected chi connectivity index (χ2v) is 6.39. The monoisotopic (exact) mass is 339 g/mol. The molecule has 0 aromatic carbocycles. The van der Waals surface area contributed by atoms with Crippen LogP contribution in [0, 0.1) is 5.82 Å². The number of nitrogens with zero attached hydrogens (tertiary/aromatic N) is 5. The van der Waals surface area contributed by atoms with Gasteiger partial charge in [0.05, 0.1) is 6.20 Å². The molecule has 0 spiro atoms. The largest absolute Gasteiger partial charge is 0.459 e. The van der Waals surface area contributed by atoms with Crippen LogP contribution in [-0.2, 0) is 0 Å². The first-order chi connectivity index (χ1) is 11.3. The van der Waals surface area contributed by atoms with Crippen LogP contribution < -0.4 is 9.64 Å². The molecule has 0 amide bonds. The predicted octanol–water partition coefficient (Wildman–Crippen LogP) is 1.89. The quantitative estimate of drug-likeness (QED) is 0.574. The van der Waals surface area contributed by atoms with Gasteiger partial charge in [-0.05, 0) is 34.0 Å². The van der Waals surface area contributed by atoms with E-state index in [2.05, 4.69) is 47.5 Å². The third-order valence-electron chi connectivity index (χ3n) is 3.54. The van der Waals surface area contributed by atoms with E-state index in [1.807, 2.05) is 6.08 Å². The summed E-state index contributed by atoms with van der Waals surface area (Å²) in [5, 5.41) is 0. The van der Waals surface area contributed by atoms with Crippen molar-refractivity contribution in [3.63, 3.8) is 0 Å². The standard InChI is InChI=1S/C17H30FN5O/c1-7-8-9-14(13-23(6)11-10-21(2)3)24-17-19-12-15(18)16(20-17)22(4)5/h7,12,14H,1,8-11,13H2,2-6H3/t14-/m0/s1. The van der Waals surface area contributed by atoms with E-state index in [0.717, 1.165) is 38.7 Å². The van der Waals surface area contributed by atoms with Gasteiger partial charge in [0.1, 0.15) is 6.10 Å². The number of anilines is 1. The van der Waals surface area contributed by atoms with Crippen molar-refractivity contribution in [3.8, 4) is 6.01 Å². The van der Waals surface area contributed by atoms with E-state index in [0.29, 0.717) is 0 Å². The van der Waals surface area contributed by atoms with Crippen LogP contribution in [0.2, 0.25) is 0 Å². The summed E-state index contributed by atoms with van der Waals surface area (Å²) < 4.78 is 19.6. The first-order valence-corrected chi connectivity index (χ1v) is 8.14. The molecule has 1 atom stereocenters. The molecule has 1 rings (SSSR count). The lowest BCUT2D eigenvalue weighted by Crippen LogP contribution is -2.37. The Morgan fingerprint density at radius 1 is 1.25 bits per heavy atom. The van der Waals surface area contributed by atoms with Crippen LogP contribution in [0.4, 0.5) is 10.2 Å². The normalized spacial score (nSPS) is 12.5. The van der Waals surface area contributed by atoms with E-state index in [9.17, 15) is 4.39 Å². The summed E-state index contributed by atoms with van der Waals surface area (Å²) >= 11 is 0. The lowest BCUT2D eigenvalue weighted by atomic mass is 10.2. The molecule has 0 saturated carbocycles. The number of hydrogen-bond donors (Lipinski definition) is 0. The van der Waals surface area contributed by atoms with Crippen molar-refractivity contribution in [1.82, 2.24) is 19.8 Å². The predicted molar refractivity (Wildman–Crippen MR) is 96.2 cm³/mol. The molecule has 0 unspecified atom stereocenters. The van der Waals surface area contributed by atoms with Gasteiger partial charge in [-0.25, -0.2) is 9.37 Å². The van der Waals surface area contributed by atoms with E-state index in [1.54, 1.807) is 19.0 Å². The maximum absolute atomic E-state index is 13.7. The number of ether oxygens (including phenoxy) is 1. The molecule has 0 aliphatic heterocycles. The summed E-state index contributed by atoms with van der Waals surface area (Å²) in [4.78, 5) is 14.1. The summed E-state index contributed by atoms with van der Waals surface area (Å²) in [5.74, 6) is -0.235. The maximum atomic E-state index is 13.7. The van der Waals surface area contributed by atoms with Gasteiger partial charge >= 0.3 is 6.01 Å². The Balaban J connectivity index is 2.74. The number of halogens is 1. The Hall–Kier alpha value is -1.73. The summed E-state index contributed by atoms with van der Waals surface area (Å²) in [6, 6.07) is 0.204. The summed E-state index contributed by atoms with van der Waals surface area (Å²) in [6.07, 6.45) is 4.60. The van der Waals surface area contributed by atoms with Crippen LogP contribution in [0.15, 0.2) is 18.9 Å². The van der Waals surface area contributed by atoms with Crippen molar-refractivity contribution < 1.29 is 9.13 Å². The molecule has 1 aromatic rings. The van der Waals surface area contributed by atoms with Crippen LogP contribution in [0.25, 0.3) is 0 Å². The minimum absolute atomic E-state index is 0.0735. The second kappa shape index (κ2) is 10.2. The molecule has 6 nitrogen and oxygen atoms in total. The van der Waals surface area contributed by atoms with Gasteiger partial charge in [-0.3, -0.25) is 0 Å². The van der Waals surface area contributed by atoms with Gasteiger partial charge in [0.25, 0.3) is 0 Å². The minimum Gasteiger partial charge on any atom is -0.459 e. The second-order valence-electron chi connectivity index (χ2n) is 6.39. The van der Waals surface area contributed by atoms with Gasteiger partial charge in [-0.15, -0.1) is 6.58 Å². The molecule has 0 radical (unpaired) electrons. The number of aromatic nitrogens is 2. The summed E-state index contributed by atoms with van der Waals surface area (Å²) in [6.45, 7) is 6.43. The highest BCUT2D eigenvalue weighted by atomic mass is 19.1. The van der Waals surface area contributed by atoms with E-state index in [4.69, 9.17) is 4.74 Å². The number of hydrogen-bond acceptors (Lipinski definition) is 6. The van der Waals surface area contributed by atoms with Crippen LogP contribution in [0.3, 0.4) is 0 Å². The van der Waals surface area contributed by atoms with Crippen LogP contribution in [0.5, 0.6) is 6.01 Å². The van der Waals surface area contributed by atoms with E-state index in [-0.39, 0.29) is 17.9 Å². The molecule has 0 N–H and O–H groups in total. The topological polar surface area (TPSA) is 44.7 Å². The average molecular weight is 339 g/mol. The molecule has 0 fully saturated rings. The minimum atomic E-state index is -0.460. The highest BCUT2D eigenvalue weighted by Crippen LogP contribution is 2.17. The Morgan fingerprint density at radius 3 is 2.54 bits per heavy atom. The molecule has 24 heavy (non-hydrogen) atoms.